The second-order valence-electron chi connectivity index (χ2n) is 4.71. The molecule has 0 aromatic heterocycles. The van der Waals surface area contributed by atoms with Gasteiger partial charge in [0.25, 0.3) is 0 Å². The van der Waals surface area contributed by atoms with Crippen LogP contribution in [0.3, 0.4) is 0 Å². The number of nitrogens with zero attached hydrogens (tertiary/aromatic N) is 1. The fourth-order valence-electron chi connectivity index (χ4n) is 2.44. The number of hydrogen-bond acceptors (Lipinski definition) is 2. The van der Waals surface area contributed by atoms with E-state index in [1.165, 1.54) is 24.1 Å². The highest BCUT2D eigenvalue weighted by Gasteiger charge is 2.14. The summed E-state index contributed by atoms with van der Waals surface area (Å²) in [6.07, 6.45) is 3.39. The highest BCUT2D eigenvalue weighted by molar-refractivity contribution is 5.67. The Hall–Kier alpha value is -1.51. The Balaban J connectivity index is 2.08. The van der Waals surface area contributed by atoms with Crippen LogP contribution in [-0.4, -0.2) is 24.2 Å². The van der Waals surface area contributed by atoms with Gasteiger partial charge >= 0.3 is 5.97 Å². The van der Waals surface area contributed by atoms with E-state index in [2.05, 4.69) is 30.0 Å². The molecule has 1 N–H and O–H groups in total. The average molecular weight is 233 g/mol. The largest absolute Gasteiger partial charge is 0.481 e. The zero-order valence-corrected chi connectivity index (χ0v) is 10.3. The second-order valence-corrected chi connectivity index (χ2v) is 4.71. The van der Waals surface area contributed by atoms with Gasteiger partial charge in [0.2, 0.25) is 0 Å². The van der Waals surface area contributed by atoms with Gasteiger partial charge in [-0.2, -0.15) is 0 Å². The summed E-state index contributed by atoms with van der Waals surface area (Å²) >= 11 is 0. The quantitative estimate of drug-likeness (QED) is 0.869. The summed E-state index contributed by atoms with van der Waals surface area (Å²) in [6, 6.07) is 6.32. The van der Waals surface area contributed by atoms with E-state index in [-0.39, 0.29) is 6.42 Å². The summed E-state index contributed by atoms with van der Waals surface area (Å²) < 4.78 is 0. The van der Waals surface area contributed by atoms with E-state index >= 15 is 0 Å². The Morgan fingerprint density at radius 3 is 2.65 bits per heavy atom. The van der Waals surface area contributed by atoms with Crippen LogP contribution in [0.5, 0.6) is 0 Å². The van der Waals surface area contributed by atoms with Gasteiger partial charge in [0, 0.05) is 25.2 Å². The van der Waals surface area contributed by atoms with Crippen molar-refractivity contribution in [3.63, 3.8) is 0 Å². The van der Waals surface area contributed by atoms with Crippen LogP contribution in [0.4, 0.5) is 5.69 Å². The predicted molar refractivity (Wildman–Crippen MR) is 68.6 cm³/mol. The predicted octanol–water partition coefficient (Wildman–Crippen LogP) is 2.61. The molecular weight excluding hydrogens is 214 g/mol. The van der Waals surface area contributed by atoms with E-state index in [0.717, 1.165) is 18.7 Å². The summed E-state index contributed by atoms with van der Waals surface area (Å²) in [4.78, 5) is 12.9. The van der Waals surface area contributed by atoms with Crippen LogP contribution in [0.1, 0.15) is 30.4 Å². The number of aryl methyl sites for hydroxylation is 2. The molecule has 1 fully saturated rings. The zero-order valence-electron chi connectivity index (χ0n) is 10.3. The molecule has 1 aliphatic rings. The first-order chi connectivity index (χ1) is 8.16. The van der Waals surface area contributed by atoms with E-state index in [4.69, 9.17) is 5.11 Å². The van der Waals surface area contributed by atoms with Crippen molar-refractivity contribution >= 4 is 11.7 Å². The summed E-state index contributed by atoms with van der Waals surface area (Å²) in [7, 11) is 0. The summed E-state index contributed by atoms with van der Waals surface area (Å²) in [5.41, 5.74) is 3.68. The Morgan fingerprint density at radius 1 is 1.35 bits per heavy atom. The Kier molecular flexibility index (Phi) is 3.67. The highest BCUT2D eigenvalue weighted by Crippen LogP contribution is 2.25. The molecule has 1 aromatic carbocycles. The number of benzene rings is 1. The third-order valence-corrected chi connectivity index (χ3v) is 3.34. The van der Waals surface area contributed by atoms with Crippen molar-refractivity contribution in [3.8, 4) is 0 Å². The van der Waals surface area contributed by atoms with Crippen molar-refractivity contribution in [1.29, 1.82) is 0 Å². The standard InChI is InChI=1S/C14H19NO2/c1-11-10-12(5-7-14(16)17)4-6-13(11)15-8-2-3-9-15/h4,6,10H,2-3,5,7-9H2,1H3,(H,16,17). The van der Waals surface area contributed by atoms with E-state index in [9.17, 15) is 4.79 Å². The normalized spacial score (nSPS) is 15.2. The molecule has 1 aliphatic heterocycles. The number of aliphatic carboxylic acids is 1. The van der Waals surface area contributed by atoms with Crippen LogP contribution in [0, 0.1) is 6.92 Å². The molecule has 0 unspecified atom stereocenters. The molecule has 1 aromatic rings. The van der Waals surface area contributed by atoms with Crippen molar-refractivity contribution in [1.82, 2.24) is 0 Å². The van der Waals surface area contributed by atoms with Gasteiger partial charge < -0.3 is 10.0 Å². The van der Waals surface area contributed by atoms with Crippen molar-refractivity contribution in [2.75, 3.05) is 18.0 Å². The fraction of sp³-hybridized carbons (Fsp3) is 0.500. The van der Waals surface area contributed by atoms with E-state index < -0.39 is 5.97 Å². The number of hydrogen-bond donors (Lipinski definition) is 1. The van der Waals surface area contributed by atoms with Gasteiger partial charge in [-0.25, -0.2) is 0 Å². The second kappa shape index (κ2) is 5.21. The third kappa shape index (κ3) is 2.99. The number of carboxylic acid groups (broad SMARTS) is 1. The van der Waals surface area contributed by atoms with Gasteiger partial charge in [-0.3, -0.25) is 4.79 Å². The molecule has 0 radical (unpaired) electrons. The lowest BCUT2D eigenvalue weighted by atomic mass is 10.0. The summed E-state index contributed by atoms with van der Waals surface area (Å²) in [6.45, 7) is 4.41. The molecule has 0 bridgehead atoms. The molecule has 0 atom stereocenters. The Morgan fingerprint density at radius 2 is 2.06 bits per heavy atom. The number of anilines is 1. The van der Waals surface area contributed by atoms with Crippen LogP contribution in [0.25, 0.3) is 0 Å². The van der Waals surface area contributed by atoms with Crippen LogP contribution in [0.2, 0.25) is 0 Å². The summed E-state index contributed by atoms with van der Waals surface area (Å²) in [5, 5.41) is 8.66. The summed E-state index contributed by atoms with van der Waals surface area (Å²) in [5.74, 6) is -0.730. The van der Waals surface area contributed by atoms with Gasteiger partial charge in [0.1, 0.15) is 0 Å². The molecule has 92 valence electrons. The van der Waals surface area contributed by atoms with Crippen molar-refractivity contribution in [3.05, 3.63) is 29.3 Å². The molecule has 0 amide bonds. The van der Waals surface area contributed by atoms with E-state index in [1.807, 2.05) is 0 Å². The molecule has 17 heavy (non-hydrogen) atoms. The molecule has 1 heterocycles. The van der Waals surface area contributed by atoms with Crippen LogP contribution in [-0.2, 0) is 11.2 Å². The first kappa shape index (κ1) is 12.0. The molecule has 0 spiro atoms. The Bertz CT molecular complexity index is 409. The molecule has 1 saturated heterocycles. The minimum atomic E-state index is -0.730. The van der Waals surface area contributed by atoms with Gasteiger partial charge in [-0.05, 0) is 43.4 Å². The van der Waals surface area contributed by atoms with Gasteiger partial charge in [-0.15, -0.1) is 0 Å². The van der Waals surface area contributed by atoms with Crippen LogP contribution >= 0.6 is 0 Å². The smallest absolute Gasteiger partial charge is 0.303 e. The van der Waals surface area contributed by atoms with E-state index in [0.29, 0.717) is 6.42 Å². The maximum Gasteiger partial charge on any atom is 0.303 e. The van der Waals surface area contributed by atoms with Gasteiger partial charge in [-0.1, -0.05) is 12.1 Å². The minimum absolute atomic E-state index is 0.211. The molecular formula is C14H19NO2. The molecule has 3 nitrogen and oxygen atoms in total. The molecule has 0 aliphatic carbocycles. The third-order valence-electron chi connectivity index (χ3n) is 3.34. The van der Waals surface area contributed by atoms with Gasteiger partial charge in [0.15, 0.2) is 0 Å². The monoisotopic (exact) mass is 233 g/mol. The minimum Gasteiger partial charge on any atom is -0.481 e. The first-order valence-corrected chi connectivity index (χ1v) is 6.23. The average Bonchev–Trinajstić information content (AvgIpc) is 2.79. The Labute approximate surface area is 102 Å². The van der Waals surface area contributed by atoms with Crippen LogP contribution < -0.4 is 4.90 Å². The van der Waals surface area contributed by atoms with E-state index in [1.54, 1.807) is 0 Å². The molecule has 2 rings (SSSR count). The number of carbonyl (C=O) groups is 1. The van der Waals surface area contributed by atoms with Gasteiger partial charge in [0.05, 0.1) is 0 Å². The van der Waals surface area contributed by atoms with Crippen molar-refractivity contribution < 1.29 is 9.90 Å². The topological polar surface area (TPSA) is 40.5 Å². The maximum absolute atomic E-state index is 10.5. The lowest BCUT2D eigenvalue weighted by molar-refractivity contribution is -0.136. The maximum atomic E-state index is 10.5. The lowest BCUT2D eigenvalue weighted by Crippen LogP contribution is -2.18. The SMILES string of the molecule is Cc1cc(CCC(=O)O)ccc1N1CCCC1. The number of rotatable bonds is 4. The fourth-order valence-corrected chi connectivity index (χ4v) is 2.44. The van der Waals surface area contributed by atoms with Crippen molar-refractivity contribution in [2.24, 2.45) is 0 Å². The molecule has 3 heteroatoms. The first-order valence-electron chi connectivity index (χ1n) is 6.23. The lowest BCUT2D eigenvalue weighted by Gasteiger charge is -2.20. The highest BCUT2D eigenvalue weighted by atomic mass is 16.4. The van der Waals surface area contributed by atoms with Crippen molar-refractivity contribution in [2.45, 2.75) is 32.6 Å². The zero-order chi connectivity index (χ0) is 12.3. The van der Waals surface area contributed by atoms with Crippen LogP contribution in [0.15, 0.2) is 18.2 Å². The molecule has 0 saturated carbocycles. The number of carboxylic acids is 1.